The number of rotatable bonds is 8. The van der Waals surface area contributed by atoms with Crippen LogP contribution in [0.1, 0.15) is 30.8 Å². The molecule has 0 bridgehead atoms. The van der Waals surface area contributed by atoms with Crippen LogP contribution in [-0.2, 0) is 13.0 Å². The number of anilines is 1. The zero-order chi connectivity index (χ0) is 21.6. The molecule has 0 amide bonds. The molecule has 0 unspecified atom stereocenters. The molecule has 0 spiro atoms. The molecular formula is C22H27N7O2. The first-order valence-corrected chi connectivity index (χ1v) is 10.7. The highest BCUT2D eigenvalue weighted by Gasteiger charge is 2.28. The molecule has 0 N–H and O–H groups in total. The summed E-state index contributed by atoms with van der Waals surface area (Å²) in [6, 6.07) is 17.3. The number of aryl methyl sites for hydroxylation is 2. The van der Waals surface area contributed by atoms with Gasteiger partial charge in [-0.25, -0.2) is 4.68 Å². The average Bonchev–Trinajstić information content (AvgIpc) is 3.28. The molecule has 9 heteroatoms. The van der Waals surface area contributed by atoms with Gasteiger partial charge in [0.05, 0.1) is 11.0 Å². The molecule has 2 heterocycles. The minimum absolute atomic E-state index is 0.121. The predicted octanol–water partition coefficient (Wildman–Crippen LogP) is 3.10. The molecule has 0 saturated carbocycles. The van der Waals surface area contributed by atoms with Crippen LogP contribution in [0.25, 0.3) is 0 Å². The Bertz CT molecular complexity index is 983. The fourth-order valence-corrected chi connectivity index (χ4v) is 4.17. The lowest BCUT2D eigenvalue weighted by molar-refractivity contribution is -0.384. The molecular weight excluding hydrogens is 394 g/mol. The van der Waals surface area contributed by atoms with Gasteiger partial charge < -0.3 is 4.90 Å². The molecule has 9 nitrogen and oxygen atoms in total. The lowest BCUT2D eigenvalue weighted by Crippen LogP contribution is -2.48. The summed E-state index contributed by atoms with van der Waals surface area (Å²) in [5.74, 6) is 0.919. The maximum atomic E-state index is 10.9. The van der Waals surface area contributed by atoms with Crippen molar-refractivity contribution in [1.29, 1.82) is 0 Å². The van der Waals surface area contributed by atoms with E-state index >= 15 is 0 Å². The van der Waals surface area contributed by atoms with E-state index in [-0.39, 0.29) is 16.7 Å². The second kappa shape index (κ2) is 9.65. The third kappa shape index (κ3) is 4.88. The monoisotopic (exact) mass is 421 g/mol. The van der Waals surface area contributed by atoms with E-state index in [1.807, 2.05) is 22.9 Å². The van der Waals surface area contributed by atoms with Gasteiger partial charge >= 0.3 is 0 Å². The highest BCUT2D eigenvalue weighted by Crippen LogP contribution is 2.26. The first-order valence-electron chi connectivity index (χ1n) is 10.7. The second-order valence-electron chi connectivity index (χ2n) is 7.72. The van der Waals surface area contributed by atoms with Gasteiger partial charge in [-0.2, -0.15) is 0 Å². The lowest BCUT2D eigenvalue weighted by Gasteiger charge is -2.39. The van der Waals surface area contributed by atoms with Crippen LogP contribution < -0.4 is 4.90 Å². The van der Waals surface area contributed by atoms with Crippen molar-refractivity contribution < 1.29 is 4.92 Å². The summed E-state index contributed by atoms with van der Waals surface area (Å²) in [6.45, 7) is 6.43. The Morgan fingerprint density at radius 1 is 1.03 bits per heavy atom. The Morgan fingerprint density at radius 3 is 2.39 bits per heavy atom. The van der Waals surface area contributed by atoms with Crippen LogP contribution in [0.3, 0.4) is 0 Å². The standard InChI is InChI=1S/C22H27N7O2/c1-2-21(22-23-24-25-28(22)13-12-18-6-4-3-5-7-18)27-16-14-26(15-17-27)19-8-10-20(11-9-19)29(30)31/h3-11,21H,2,12-17H2,1H3/t21-/m1/s1. The predicted molar refractivity (Wildman–Crippen MR) is 118 cm³/mol. The smallest absolute Gasteiger partial charge is 0.269 e. The number of hydrogen-bond donors (Lipinski definition) is 0. The molecule has 1 saturated heterocycles. The zero-order valence-electron chi connectivity index (χ0n) is 17.7. The Balaban J connectivity index is 1.38. The molecule has 1 fully saturated rings. The maximum absolute atomic E-state index is 10.9. The summed E-state index contributed by atoms with van der Waals surface area (Å²) in [4.78, 5) is 15.2. The molecule has 4 rings (SSSR count). The summed E-state index contributed by atoms with van der Waals surface area (Å²) in [5, 5.41) is 23.4. The highest BCUT2D eigenvalue weighted by atomic mass is 16.6. The van der Waals surface area contributed by atoms with Gasteiger partial charge in [-0.05, 0) is 41.0 Å². The van der Waals surface area contributed by atoms with E-state index < -0.39 is 0 Å². The number of piperazine rings is 1. The largest absolute Gasteiger partial charge is 0.369 e. The SMILES string of the molecule is CC[C@H](c1nnnn1CCc1ccccc1)N1CCN(c2ccc([N+](=O)[O-])cc2)CC1. The Hall–Kier alpha value is -3.33. The summed E-state index contributed by atoms with van der Waals surface area (Å²) in [6.07, 6.45) is 1.83. The molecule has 2 aromatic carbocycles. The van der Waals surface area contributed by atoms with Crippen molar-refractivity contribution in [3.63, 3.8) is 0 Å². The lowest BCUT2D eigenvalue weighted by atomic mass is 10.1. The van der Waals surface area contributed by atoms with Crippen molar-refractivity contribution in [3.8, 4) is 0 Å². The van der Waals surface area contributed by atoms with Crippen molar-refractivity contribution in [2.45, 2.75) is 32.4 Å². The molecule has 1 aliphatic rings. The van der Waals surface area contributed by atoms with Crippen LogP contribution in [0.4, 0.5) is 11.4 Å². The number of aromatic nitrogens is 4. The molecule has 162 valence electrons. The van der Waals surface area contributed by atoms with Crippen LogP contribution in [0.5, 0.6) is 0 Å². The summed E-state index contributed by atoms with van der Waals surface area (Å²) in [7, 11) is 0. The molecule has 1 aromatic heterocycles. The Kier molecular flexibility index (Phi) is 6.51. The molecule has 1 aliphatic heterocycles. The number of non-ortho nitro benzene ring substituents is 1. The van der Waals surface area contributed by atoms with Gasteiger partial charge in [-0.1, -0.05) is 37.3 Å². The quantitative estimate of drug-likeness (QED) is 0.407. The average molecular weight is 422 g/mol. The van der Waals surface area contributed by atoms with E-state index in [0.717, 1.165) is 57.1 Å². The van der Waals surface area contributed by atoms with Crippen LogP contribution in [0.15, 0.2) is 54.6 Å². The first-order chi connectivity index (χ1) is 15.2. The van der Waals surface area contributed by atoms with Gasteiger partial charge in [0.25, 0.3) is 5.69 Å². The molecule has 3 aromatic rings. The second-order valence-corrected chi connectivity index (χ2v) is 7.72. The van der Waals surface area contributed by atoms with Crippen LogP contribution in [0, 0.1) is 10.1 Å². The minimum atomic E-state index is -0.366. The summed E-state index contributed by atoms with van der Waals surface area (Å²) >= 11 is 0. The summed E-state index contributed by atoms with van der Waals surface area (Å²) < 4.78 is 1.93. The van der Waals surface area contributed by atoms with Gasteiger partial charge in [-0.3, -0.25) is 15.0 Å². The molecule has 0 aliphatic carbocycles. The first kappa shape index (κ1) is 20.9. The van der Waals surface area contributed by atoms with Crippen molar-refractivity contribution in [2.24, 2.45) is 0 Å². The number of nitro benzene ring substituents is 1. The van der Waals surface area contributed by atoms with E-state index in [0.29, 0.717) is 0 Å². The van der Waals surface area contributed by atoms with Crippen molar-refractivity contribution in [2.75, 3.05) is 31.1 Å². The normalized spacial score (nSPS) is 15.7. The van der Waals surface area contributed by atoms with Crippen LogP contribution in [0.2, 0.25) is 0 Å². The van der Waals surface area contributed by atoms with Gasteiger partial charge in [-0.15, -0.1) is 5.10 Å². The van der Waals surface area contributed by atoms with Gasteiger partial charge in [0.15, 0.2) is 5.82 Å². The van der Waals surface area contributed by atoms with Crippen molar-refractivity contribution in [1.82, 2.24) is 25.1 Å². The number of hydrogen-bond acceptors (Lipinski definition) is 7. The Morgan fingerprint density at radius 2 is 1.74 bits per heavy atom. The number of benzene rings is 2. The molecule has 1 atom stereocenters. The maximum Gasteiger partial charge on any atom is 0.269 e. The van der Waals surface area contributed by atoms with E-state index in [1.54, 1.807) is 12.1 Å². The van der Waals surface area contributed by atoms with Crippen LogP contribution in [-0.4, -0.2) is 56.2 Å². The van der Waals surface area contributed by atoms with E-state index in [9.17, 15) is 10.1 Å². The fourth-order valence-electron chi connectivity index (χ4n) is 4.17. The zero-order valence-corrected chi connectivity index (χ0v) is 17.7. The van der Waals surface area contributed by atoms with E-state index in [1.165, 1.54) is 5.56 Å². The van der Waals surface area contributed by atoms with Crippen molar-refractivity contribution in [3.05, 3.63) is 76.1 Å². The van der Waals surface area contributed by atoms with Crippen LogP contribution >= 0.6 is 0 Å². The number of nitro groups is 1. The fraction of sp³-hybridized carbons (Fsp3) is 0.409. The third-order valence-electron chi connectivity index (χ3n) is 5.88. The van der Waals surface area contributed by atoms with E-state index in [2.05, 4.69) is 56.5 Å². The molecule has 31 heavy (non-hydrogen) atoms. The van der Waals surface area contributed by atoms with Gasteiger partial charge in [0.2, 0.25) is 0 Å². The van der Waals surface area contributed by atoms with Gasteiger partial charge in [0.1, 0.15) is 0 Å². The summed E-state index contributed by atoms with van der Waals surface area (Å²) in [5.41, 5.74) is 2.41. The van der Waals surface area contributed by atoms with Gasteiger partial charge in [0, 0.05) is 50.5 Å². The minimum Gasteiger partial charge on any atom is -0.369 e. The highest BCUT2D eigenvalue weighted by molar-refractivity contribution is 5.51. The molecule has 0 radical (unpaired) electrons. The van der Waals surface area contributed by atoms with E-state index in [4.69, 9.17) is 0 Å². The van der Waals surface area contributed by atoms with Crippen molar-refractivity contribution >= 4 is 11.4 Å². The third-order valence-corrected chi connectivity index (χ3v) is 5.88. The number of tetrazole rings is 1. The number of nitrogens with zero attached hydrogens (tertiary/aromatic N) is 7. The Labute approximate surface area is 181 Å². The topological polar surface area (TPSA) is 93.2 Å².